The van der Waals surface area contributed by atoms with E-state index >= 15 is 0 Å². The average molecular weight is 268 g/mol. The van der Waals surface area contributed by atoms with Gasteiger partial charge in [0.15, 0.2) is 0 Å². The van der Waals surface area contributed by atoms with E-state index in [4.69, 9.17) is 4.98 Å². The first-order valence-electron chi connectivity index (χ1n) is 7.66. The first-order chi connectivity index (χ1) is 9.53. The molecule has 2 aromatic rings. The molecule has 0 amide bonds. The zero-order valence-electron chi connectivity index (χ0n) is 12.7. The van der Waals surface area contributed by atoms with Crippen molar-refractivity contribution in [1.82, 2.24) is 4.98 Å². The van der Waals surface area contributed by atoms with Gasteiger partial charge in [-0.3, -0.25) is 4.98 Å². The van der Waals surface area contributed by atoms with Gasteiger partial charge in [-0.15, -0.1) is 0 Å². The van der Waals surface area contributed by atoms with Crippen LogP contribution in [0.3, 0.4) is 0 Å². The van der Waals surface area contributed by atoms with E-state index in [1.807, 2.05) is 0 Å². The quantitative estimate of drug-likeness (QED) is 0.836. The highest BCUT2D eigenvalue weighted by atomic mass is 14.9. The van der Waals surface area contributed by atoms with Crippen LogP contribution in [0.2, 0.25) is 0 Å². The Bertz CT molecular complexity index is 606. The number of hydrogen-bond donors (Lipinski definition) is 1. The minimum Gasteiger partial charge on any atom is -0.381 e. The van der Waals surface area contributed by atoms with Crippen LogP contribution < -0.4 is 5.32 Å². The fourth-order valence-corrected chi connectivity index (χ4v) is 3.12. The molecule has 0 radical (unpaired) electrons. The molecule has 2 heteroatoms. The van der Waals surface area contributed by atoms with Gasteiger partial charge in [0, 0.05) is 17.1 Å². The van der Waals surface area contributed by atoms with Gasteiger partial charge in [-0.05, 0) is 50.2 Å². The Balaban J connectivity index is 1.83. The van der Waals surface area contributed by atoms with Gasteiger partial charge >= 0.3 is 0 Å². The summed E-state index contributed by atoms with van der Waals surface area (Å²) >= 11 is 0. The van der Waals surface area contributed by atoms with Gasteiger partial charge in [-0.25, -0.2) is 0 Å². The third kappa shape index (κ3) is 2.79. The van der Waals surface area contributed by atoms with Crippen molar-refractivity contribution in [1.29, 1.82) is 0 Å². The summed E-state index contributed by atoms with van der Waals surface area (Å²) in [7, 11) is 0. The van der Waals surface area contributed by atoms with E-state index in [1.54, 1.807) is 0 Å². The molecule has 0 saturated heterocycles. The molecule has 3 rings (SSSR count). The first kappa shape index (κ1) is 13.4. The van der Waals surface area contributed by atoms with Crippen molar-refractivity contribution in [2.75, 3.05) is 5.32 Å². The summed E-state index contributed by atoms with van der Waals surface area (Å²) in [6.45, 7) is 6.82. The van der Waals surface area contributed by atoms with Crippen molar-refractivity contribution in [3.8, 4) is 0 Å². The Morgan fingerprint density at radius 2 is 1.85 bits per heavy atom. The molecule has 0 bridgehead atoms. The Morgan fingerprint density at radius 1 is 1.10 bits per heavy atom. The van der Waals surface area contributed by atoms with Crippen molar-refractivity contribution in [2.45, 2.75) is 52.5 Å². The van der Waals surface area contributed by atoms with E-state index in [0.29, 0.717) is 11.5 Å². The summed E-state index contributed by atoms with van der Waals surface area (Å²) in [4.78, 5) is 4.71. The highest BCUT2D eigenvalue weighted by Gasteiger charge is 2.26. The largest absolute Gasteiger partial charge is 0.381 e. The highest BCUT2D eigenvalue weighted by molar-refractivity contribution is 5.90. The zero-order valence-corrected chi connectivity index (χ0v) is 12.7. The monoisotopic (exact) mass is 268 g/mol. The van der Waals surface area contributed by atoms with E-state index in [-0.39, 0.29) is 0 Å². The molecule has 1 N–H and O–H groups in total. The Labute approximate surface area is 121 Å². The van der Waals surface area contributed by atoms with Gasteiger partial charge in [-0.2, -0.15) is 0 Å². The number of aryl methyl sites for hydroxylation is 1. The molecule has 1 heterocycles. The Hall–Kier alpha value is -1.57. The minimum absolute atomic E-state index is 0.520. The Morgan fingerprint density at radius 3 is 2.60 bits per heavy atom. The number of nitrogens with one attached hydrogen (secondary N) is 1. The molecule has 1 aromatic heterocycles. The lowest BCUT2D eigenvalue weighted by molar-refractivity contribution is 0.232. The number of anilines is 1. The molecule has 2 nitrogen and oxygen atoms in total. The van der Waals surface area contributed by atoms with Crippen molar-refractivity contribution >= 4 is 16.6 Å². The maximum atomic E-state index is 4.71. The van der Waals surface area contributed by atoms with E-state index in [0.717, 1.165) is 11.2 Å². The topological polar surface area (TPSA) is 24.9 Å². The third-order valence-electron chi connectivity index (χ3n) is 4.56. The summed E-state index contributed by atoms with van der Waals surface area (Å²) < 4.78 is 0. The van der Waals surface area contributed by atoms with Gasteiger partial charge in [0.2, 0.25) is 0 Å². The van der Waals surface area contributed by atoms with Crippen molar-refractivity contribution in [2.24, 2.45) is 5.41 Å². The highest BCUT2D eigenvalue weighted by Crippen LogP contribution is 2.36. The molecule has 0 atom stereocenters. The second-order valence-corrected chi connectivity index (χ2v) is 6.91. The van der Waals surface area contributed by atoms with Crippen LogP contribution in [0.1, 0.15) is 45.2 Å². The number of aromatic nitrogens is 1. The van der Waals surface area contributed by atoms with Crippen molar-refractivity contribution in [3.63, 3.8) is 0 Å². The van der Waals surface area contributed by atoms with Crippen molar-refractivity contribution in [3.05, 3.63) is 36.0 Å². The lowest BCUT2D eigenvalue weighted by Gasteiger charge is -2.35. The second-order valence-electron chi connectivity index (χ2n) is 6.91. The molecular weight excluding hydrogens is 244 g/mol. The lowest BCUT2D eigenvalue weighted by atomic mass is 9.75. The van der Waals surface area contributed by atoms with Gasteiger partial charge in [0.1, 0.15) is 0 Å². The van der Waals surface area contributed by atoms with E-state index < -0.39 is 0 Å². The van der Waals surface area contributed by atoms with Crippen LogP contribution in [0.5, 0.6) is 0 Å². The maximum absolute atomic E-state index is 4.71. The second kappa shape index (κ2) is 5.08. The van der Waals surface area contributed by atoms with Gasteiger partial charge in [0.05, 0.1) is 11.2 Å². The van der Waals surface area contributed by atoms with E-state index in [1.165, 1.54) is 36.8 Å². The number of para-hydroxylation sites is 1. The normalized spacial score (nSPS) is 19.1. The summed E-state index contributed by atoms with van der Waals surface area (Å²) in [5.74, 6) is 0. The molecule has 1 saturated carbocycles. The number of rotatable bonds is 2. The van der Waals surface area contributed by atoms with Crippen LogP contribution in [0.25, 0.3) is 10.9 Å². The average Bonchev–Trinajstić information content (AvgIpc) is 2.42. The number of fused-ring (bicyclic) bond motifs is 1. The van der Waals surface area contributed by atoms with E-state index in [9.17, 15) is 0 Å². The van der Waals surface area contributed by atoms with Crippen molar-refractivity contribution < 1.29 is 0 Å². The smallest absolute Gasteiger partial charge is 0.0936 e. The summed E-state index contributed by atoms with van der Waals surface area (Å²) in [5, 5.41) is 4.95. The van der Waals surface area contributed by atoms with Gasteiger partial charge < -0.3 is 5.32 Å². The molecule has 1 aliphatic carbocycles. The van der Waals surface area contributed by atoms with Gasteiger partial charge in [0.25, 0.3) is 0 Å². The summed E-state index contributed by atoms with van der Waals surface area (Å²) in [6.07, 6.45) is 5.13. The maximum Gasteiger partial charge on any atom is 0.0936 e. The molecule has 0 aliphatic heterocycles. The molecule has 1 fully saturated rings. The predicted molar refractivity (Wildman–Crippen MR) is 86.1 cm³/mol. The lowest BCUT2D eigenvalue weighted by Crippen LogP contribution is -2.29. The predicted octanol–water partition coefficient (Wildman–Crippen LogP) is 4.92. The minimum atomic E-state index is 0.520. The van der Waals surface area contributed by atoms with Crippen LogP contribution in [0.4, 0.5) is 5.69 Å². The third-order valence-corrected chi connectivity index (χ3v) is 4.56. The fraction of sp³-hybridized carbons (Fsp3) is 0.500. The van der Waals surface area contributed by atoms with Crippen LogP contribution in [-0.4, -0.2) is 11.0 Å². The Kier molecular flexibility index (Phi) is 3.41. The molecule has 106 valence electrons. The number of nitrogens with zero attached hydrogens (tertiary/aromatic N) is 1. The number of benzene rings is 1. The SMILES string of the molecule is Cc1ccc2cccc(NC3CCC(C)(C)CC3)c2n1. The molecular formula is C18H24N2. The molecule has 1 aliphatic rings. The van der Waals surface area contributed by atoms with Crippen LogP contribution >= 0.6 is 0 Å². The van der Waals surface area contributed by atoms with Crippen LogP contribution in [0, 0.1) is 12.3 Å². The number of pyridine rings is 1. The van der Waals surface area contributed by atoms with Crippen LogP contribution in [-0.2, 0) is 0 Å². The zero-order chi connectivity index (χ0) is 14.2. The van der Waals surface area contributed by atoms with Gasteiger partial charge in [-0.1, -0.05) is 32.0 Å². The molecule has 0 unspecified atom stereocenters. The molecule has 0 spiro atoms. The summed E-state index contributed by atoms with van der Waals surface area (Å²) in [5.41, 5.74) is 3.90. The van der Waals surface area contributed by atoms with Crippen LogP contribution in [0.15, 0.2) is 30.3 Å². The number of hydrogen-bond acceptors (Lipinski definition) is 2. The summed E-state index contributed by atoms with van der Waals surface area (Å²) in [6, 6.07) is 11.2. The fourth-order valence-electron chi connectivity index (χ4n) is 3.12. The standard InChI is InChI=1S/C18H24N2/c1-13-7-8-14-5-4-6-16(17(14)19-13)20-15-9-11-18(2,3)12-10-15/h4-8,15,20H,9-12H2,1-3H3. The van der Waals surface area contributed by atoms with E-state index in [2.05, 4.69) is 56.4 Å². The molecule has 20 heavy (non-hydrogen) atoms. The first-order valence-corrected chi connectivity index (χ1v) is 7.66. The molecule has 1 aromatic carbocycles.